The zero-order valence-corrected chi connectivity index (χ0v) is 12.0. The predicted octanol–water partition coefficient (Wildman–Crippen LogP) is 4.38. The highest BCUT2D eigenvalue weighted by atomic mass is 16.5. The van der Waals surface area contributed by atoms with Gasteiger partial charge in [-0.25, -0.2) is 0 Å². The van der Waals surface area contributed by atoms with E-state index in [-0.39, 0.29) is 0 Å². The first-order valence-electron chi connectivity index (χ1n) is 7.28. The van der Waals surface area contributed by atoms with E-state index < -0.39 is 0 Å². The van der Waals surface area contributed by atoms with Crippen molar-refractivity contribution >= 4 is 0 Å². The molecule has 3 aromatic rings. The molecule has 106 valence electrons. The minimum Gasteiger partial charge on any atom is -0.489 e. The lowest BCUT2D eigenvalue weighted by Gasteiger charge is -2.07. The van der Waals surface area contributed by atoms with Crippen molar-refractivity contribution in [3.63, 3.8) is 0 Å². The Morgan fingerprint density at radius 3 is 2.24 bits per heavy atom. The molecule has 0 saturated heterocycles. The van der Waals surface area contributed by atoms with Crippen LogP contribution >= 0.6 is 0 Å². The number of aryl methyl sites for hydroxylation is 2. The lowest BCUT2D eigenvalue weighted by Crippen LogP contribution is -1.96. The molecule has 0 aliphatic rings. The molecule has 1 aromatic heterocycles. The van der Waals surface area contributed by atoms with E-state index in [1.807, 2.05) is 42.6 Å². The van der Waals surface area contributed by atoms with Gasteiger partial charge in [0.05, 0.1) is 0 Å². The van der Waals surface area contributed by atoms with Gasteiger partial charge in [-0.15, -0.1) is 0 Å². The number of aromatic nitrogens is 1. The van der Waals surface area contributed by atoms with Crippen molar-refractivity contribution in [3.05, 3.63) is 89.7 Å². The van der Waals surface area contributed by atoms with Crippen molar-refractivity contribution in [1.82, 2.24) is 4.98 Å². The van der Waals surface area contributed by atoms with E-state index in [9.17, 15) is 0 Å². The fourth-order valence-electron chi connectivity index (χ4n) is 2.30. The van der Waals surface area contributed by atoms with Gasteiger partial charge in [0.2, 0.25) is 0 Å². The molecule has 0 aliphatic carbocycles. The molecule has 2 aromatic carbocycles. The van der Waals surface area contributed by atoms with Gasteiger partial charge in [-0.1, -0.05) is 42.5 Å². The van der Waals surface area contributed by atoms with Gasteiger partial charge >= 0.3 is 0 Å². The van der Waals surface area contributed by atoms with Gasteiger partial charge in [0.15, 0.2) is 0 Å². The van der Waals surface area contributed by atoms with Crippen LogP contribution in [0.5, 0.6) is 5.75 Å². The molecule has 3 rings (SSSR count). The molecule has 0 atom stereocenters. The summed E-state index contributed by atoms with van der Waals surface area (Å²) in [7, 11) is 0. The summed E-state index contributed by atoms with van der Waals surface area (Å²) in [6.07, 6.45) is 4.05. The van der Waals surface area contributed by atoms with Gasteiger partial charge in [0.25, 0.3) is 0 Å². The highest BCUT2D eigenvalue weighted by Crippen LogP contribution is 2.15. The van der Waals surface area contributed by atoms with Gasteiger partial charge in [-0.2, -0.15) is 0 Å². The van der Waals surface area contributed by atoms with Crippen LogP contribution in [0.4, 0.5) is 0 Å². The lowest BCUT2D eigenvalue weighted by atomic mass is 10.1. The number of rotatable bonds is 6. The van der Waals surface area contributed by atoms with Gasteiger partial charge in [-0.05, 0) is 48.2 Å². The summed E-state index contributed by atoms with van der Waals surface area (Å²) in [5.74, 6) is 0.919. The van der Waals surface area contributed by atoms with Crippen LogP contribution in [0.25, 0.3) is 0 Å². The van der Waals surface area contributed by atoms with Crippen LogP contribution in [0, 0.1) is 0 Å². The number of aromatic amines is 1. The van der Waals surface area contributed by atoms with Crippen molar-refractivity contribution < 1.29 is 4.74 Å². The summed E-state index contributed by atoms with van der Waals surface area (Å²) in [6.45, 7) is 0.614. The molecule has 0 unspecified atom stereocenters. The molecule has 0 saturated carbocycles. The highest BCUT2D eigenvalue weighted by molar-refractivity contribution is 5.28. The topological polar surface area (TPSA) is 25.0 Å². The second-order valence-corrected chi connectivity index (χ2v) is 5.11. The second-order valence-electron chi connectivity index (χ2n) is 5.11. The number of H-pyrrole nitrogens is 1. The van der Waals surface area contributed by atoms with Crippen LogP contribution in [0.3, 0.4) is 0 Å². The zero-order chi connectivity index (χ0) is 14.3. The maximum absolute atomic E-state index is 5.79. The first kappa shape index (κ1) is 13.5. The van der Waals surface area contributed by atoms with Crippen LogP contribution in [-0.2, 0) is 19.4 Å². The third kappa shape index (κ3) is 3.99. The molecule has 1 heterocycles. The Hall–Kier alpha value is -2.48. The molecule has 0 fully saturated rings. The number of hydrogen-bond acceptors (Lipinski definition) is 1. The van der Waals surface area contributed by atoms with Crippen LogP contribution in [0.15, 0.2) is 72.9 Å². The predicted molar refractivity (Wildman–Crippen MR) is 85.4 cm³/mol. The summed E-state index contributed by atoms with van der Waals surface area (Å²) in [5, 5.41) is 0. The Bertz CT molecular complexity index is 642. The summed E-state index contributed by atoms with van der Waals surface area (Å²) >= 11 is 0. The van der Waals surface area contributed by atoms with Crippen molar-refractivity contribution in [2.75, 3.05) is 0 Å². The van der Waals surface area contributed by atoms with E-state index in [1.54, 1.807) is 0 Å². The Labute approximate surface area is 125 Å². The average molecular weight is 277 g/mol. The van der Waals surface area contributed by atoms with Crippen LogP contribution < -0.4 is 4.74 Å². The quantitative estimate of drug-likeness (QED) is 0.710. The summed E-state index contributed by atoms with van der Waals surface area (Å²) < 4.78 is 5.79. The first-order valence-corrected chi connectivity index (χ1v) is 7.28. The monoisotopic (exact) mass is 277 g/mol. The maximum Gasteiger partial charge on any atom is 0.119 e. The van der Waals surface area contributed by atoms with Gasteiger partial charge in [0, 0.05) is 11.9 Å². The van der Waals surface area contributed by atoms with Crippen LogP contribution in [0.1, 0.15) is 16.8 Å². The number of hydrogen-bond donors (Lipinski definition) is 1. The van der Waals surface area contributed by atoms with E-state index >= 15 is 0 Å². The molecule has 2 heteroatoms. The minimum atomic E-state index is 0.614. The van der Waals surface area contributed by atoms with Crippen molar-refractivity contribution in [2.24, 2.45) is 0 Å². The molecule has 2 nitrogen and oxygen atoms in total. The van der Waals surface area contributed by atoms with E-state index in [1.165, 1.54) is 16.8 Å². The zero-order valence-electron chi connectivity index (χ0n) is 12.0. The normalized spacial score (nSPS) is 10.5. The van der Waals surface area contributed by atoms with Crippen molar-refractivity contribution in [2.45, 2.75) is 19.4 Å². The molecule has 1 N–H and O–H groups in total. The standard InChI is InChI=1S/C19H19NO/c1-2-5-17(6-3-1)15-21-19-12-9-16(10-13-19)8-11-18-7-4-14-20-18/h1-7,9-10,12-14,20H,8,11,15H2. The van der Waals surface area contributed by atoms with E-state index in [4.69, 9.17) is 4.74 Å². The molecule has 0 radical (unpaired) electrons. The molecular weight excluding hydrogens is 258 g/mol. The SMILES string of the molecule is c1ccc(COc2ccc(CCc3ccc[nH]3)cc2)cc1. The van der Waals surface area contributed by atoms with Gasteiger partial charge < -0.3 is 9.72 Å². The van der Waals surface area contributed by atoms with Crippen molar-refractivity contribution in [3.8, 4) is 5.75 Å². The second kappa shape index (κ2) is 6.80. The summed E-state index contributed by atoms with van der Waals surface area (Å²) in [6, 6.07) is 22.8. The van der Waals surface area contributed by atoms with Gasteiger partial charge in [0.1, 0.15) is 12.4 Å². The molecule has 0 bridgehead atoms. The third-order valence-corrected chi connectivity index (χ3v) is 3.52. The Morgan fingerprint density at radius 2 is 1.52 bits per heavy atom. The molecule has 21 heavy (non-hydrogen) atoms. The summed E-state index contributed by atoms with van der Waals surface area (Å²) in [4.78, 5) is 3.23. The average Bonchev–Trinajstić information content (AvgIpc) is 3.06. The van der Waals surface area contributed by atoms with E-state index in [0.29, 0.717) is 6.61 Å². The number of ether oxygens (including phenoxy) is 1. The first-order chi connectivity index (χ1) is 10.4. The van der Waals surface area contributed by atoms with Crippen LogP contribution in [-0.4, -0.2) is 4.98 Å². The Morgan fingerprint density at radius 1 is 0.714 bits per heavy atom. The smallest absolute Gasteiger partial charge is 0.119 e. The Kier molecular flexibility index (Phi) is 4.37. The molecule has 0 spiro atoms. The fourth-order valence-corrected chi connectivity index (χ4v) is 2.30. The molecular formula is C19H19NO. The number of nitrogens with one attached hydrogen (secondary N) is 1. The summed E-state index contributed by atoms with van der Waals surface area (Å²) in [5.41, 5.74) is 3.80. The highest BCUT2D eigenvalue weighted by Gasteiger charge is 1.99. The Balaban J connectivity index is 1.52. The fraction of sp³-hybridized carbons (Fsp3) is 0.158. The van der Waals surface area contributed by atoms with Crippen LogP contribution in [0.2, 0.25) is 0 Å². The largest absolute Gasteiger partial charge is 0.489 e. The van der Waals surface area contributed by atoms with E-state index in [0.717, 1.165) is 18.6 Å². The maximum atomic E-state index is 5.79. The van der Waals surface area contributed by atoms with Gasteiger partial charge in [-0.3, -0.25) is 0 Å². The minimum absolute atomic E-state index is 0.614. The number of benzene rings is 2. The van der Waals surface area contributed by atoms with Crippen molar-refractivity contribution in [1.29, 1.82) is 0 Å². The third-order valence-electron chi connectivity index (χ3n) is 3.52. The van der Waals surface area contributed by atoms with E-state index in [2.05, 4.69) is 35.3 Å². The lowest BCUT2D eigenvalue weighted by molar-refractivity contribution is 0.306. The molecule has 0 aliphatic heterocycles. The molecule has 0 amide bonds.